The monoisotopic (exact) mass is 454 g/mol. The zero-order valence-corrected chi connectivity index (χ0v) is 18.0. The zero-order chi connectivity index (χ0) is 23.8. The second-order valence-electron chi connectivity index (χ2n) is 8.27. The Morgan fingerprint density at radius 2 is 1.91 bits per heavy atom. The van der Waals surface area contributed by atoms with Crippen molar-refractivity contribution in [3.63, 3.8) is 0 Å². The van der Waals surface area contributed by atoms with Gasteiger partial charge in [0.2, 0.25) is 0 Å². The van der Waals surface area contributed by atoms with Gasteiger partial charge in [-0.1, -0.05) is 6.07 Å². The lowest BCUT2D eigenvalue weighted by molar-refractivity contribution is -0.137. The maximum atomic E-state index is 13.4. The highest BCUT2D eigenvalue weighted by Crippen LogP contribution is 2.36. The fraction of sp³-hybridized carbons (Fsp3) is 0.304. The summed E-state index contributed by atoms with van der Waals surface area (Å²) < 4.78 is 40.1. The molecule has 2 N–H and O–H groups in total. The van der Waals surface area contributed by atoms with Gasteiger partial charge in [-0.05, 0) is 44.5 Å². The fourth-order valence-electron chi connectivity index (χ4n) is 3.69. The van der Waals surface area contributed by atoms with Crippen molar-refractivity contribution in [3.8, 4) is 6.07 Å². The molecule has 3 heterocycles. The zero-order valence-electron chi connectivity index (χ0n) is 18.0. The first-order valence-corrected chi connectivity index (χ1v) is 10.2. The van der Waals surface area contributed by atoms with Gasteiger partial charge in [0.25, 0.3) is 0 Å². The SMILES string of the molecule is CC(C)(O)c1ccc(Nc2ncnc3c2CCN(c2ccc(C#N)c(C(F)(F)F)c2)C3)nc1. The van der Waals surface area contributed by atoms with Crippen molar-refractivity contribution in [2.75, 3.05) is 16.8 Å². The number of nitrogens with one attached hydrogen (secondary N) is 1. The summed E-state index contributed by atoms with van der Waals surface area (Å²) >= 11 is 0. The quantitative estimate of drug-likeness (QED) is 0.607. The molecule has 1 aliphatic heterocycles. The van der Waals surface area contributed by atoms with Crippen molar-refractivity contribution >= 4 is 17.3 Å². The maximum Gasteiger partial charge on any atom is 0.417 e. The van der Waals surface area contributed by atoms with Gasteiger partial charge in [0, 0.05) is 29.6 Å². The molecule has 2 aromatic heterocycles. The van der Waals surface area contributed by atoms with Crippen LogP contribution in [0.5, 0.6) is 0 Å². The van der Waals surface area contributed by atoms with E-state index in [0.717, 1.165) is 11.6 Å². The van der Waals surface area contributed by atoms with Gasteiger partial charge < -0.3 is 15.3 Å². The molecular formula is C23H21F3N6O. The second kappa shape index (κ2) is 8.33. The molecule has 0 atom stereocenters. The van der Waals surface area contributed by atoms with E-state index >= 15 is 0 Å². The summed E-state index contributed by atoms with van der Waals surface area (Å²) in [5.41, 5.74) is 0.273. The Balaban J connectivity index is 1.57. The Bertz CT molecular complexity index is 1210. The molecule has 0 radical (unpaired) electrons. The molecule has 10 heteroatoms. The van der Waals surface area contributed by atoms with Crippen LogP contribution in [0.25, 0.3) is 0 Å². The van der Waals surface area contributed by atoms with E-state index in [1.54, 1.807) is 43.1 Å². The number of fused-ring (bicyclic) bond motifs is 1. The summed E-state index contributed by atoms with van der Waals surface area (Å²) in [4.78, 5) is 14.8. The van der Waals surface area contributed by atoms with Crippen LogP contribution >= 0.6 is 0 Å². The number of rotatable bonds is 4. The molecule has 3 aromatic rings. The number of halogens is 3. The van der Waals surface area contributed by atoms with Crippen LogP contribution < -0.4 is 10.2 Å². The van der Waals surface area contributed by atoms with Crippen LogP contribution in [0.2, 0.25) is 0 Å². The highest BCUT2D eigenvalue weighted by Gasteiger charge is 2.34. The van der Waals surface area contributed by atoms with E-state index in [2.05, 4.69) is 20.3 Å². The Labute approximate surface area is 188 Å². The average Bonchev–Trinajstić information content (AvgIpc) is 2.77. The number of hydrogen-bond acceptors (Lipinski definition) is 7. The average molecular weight is 454 g/mol. The number of alkyl halides is 3. The number of aliphatic hydroxyl groups is 1. The lowest BCUT2D eigenvalue weighted by Crippen LogP contribution is -2.32. The standard InChI is InChI=1S/C23H21F3N6O/c1-22(2,33)15-4-6-20(28-11-15)31-21-17-7-8-32(12-19(17)29-13-30-21)16-5-3-14(10-27)18(9-16)23(24,25)26/h3-6,9,11,13,33H,7-8,12H2,1-2H3,(H,28,29,30,31). The third kappa shape index (κ3) is 4.73. The smallest absolute Gasteiger partial charge is 0.386 e. The Hall–Kier alpha value is -3.71. The predicted octanol–water partition coefficient (Wildman–Crippen LogP) is 4.30. The number of anilines is 3. The normalized spacial score (nSPS) is 13.9. The molecule has 0 bridgehead atoms. The number of hydrogen-bond donors (Lipinski definition) is 2. The van der Waals surface area contributed by atoms with Crippen LogP contribution in [0.4, 0.5) is 30.5 Å². The van der Waals surface area contributed by atoms with E-state index in [1.807, 2.05) is 0 Å². The van der Waals surface area contributed by atoms with Crippen molar-refractivity contribution in [2.45, 2.75) is 38.6 Å². The maximum absolute atomic E-state index is 13.4. The topological polar surface area (TPSA) is 98.0 Å². The summed E-state index contributed by atoms with van der Waals surface area (Å²) in [5, 5.41) is 22.3. The first-order valence-electron chi connectivity index (χ1n) is 10.2. The molecule has 4 rings (SSSR count). The van der Waals surface area contributed by atoms with Gasteiger partial charge in [0.15, 0.2) is 0 Å². The molecule has 0 aliphatic carbocycles. The summed E-state index contributed by atoms with van der Waals surface area (Å²) in [6, 6.07) is 8.85. The molecule has 0 saturated carbocycles. The summed E-state index contributed by atoms with van der Waals surface area (Å²) in [6.45, 7) is 4.12. The molecular weight excluding hydrogens is 433 g/mol. The molecule has 33 heavy (non-hydrogen) atoms. The van der Waals surface area contributed by atoms with Crippen LogP contribution in [0.15, 0.2) is 42.9 Å². The minimum atomic E-state index is -4.61. The lowest BCUT2D eigenvalue weighted by Gasteiger charge is -2.31. The molecule has 0 fully saturated rings. The highest BCUT2D eigenvalue weighted by molar-refractivity contribution is 5.60. The van der Waals surface area contributed by atoms with E-state index in [4.69, 9.17) is 5.26 Å². The third-order valence-electron chi connectivity index (χ3n) is 5.52. The summed E-state index contributed by atoms with van der Waals surface area (Å²) in [6.07, 6.45) is -1.11. The number of nitrogens with zero attached hydrogens (tertiary/aromatic N) is 5. The molecule has 1 aromatic carbocycles. The second-order valence-corrected chi connectivity index (χ2v) is 8.27. The van der Waals surface area contributed by atoms with Crippen molar-refractivity contribution in [3.05, 3.63) is 70.8 Å². The van der Waals surface area contributed by atoms with Gasteiger partial charge in [0.05, 0.1) is 35.0 Å². The van der Waals surface area contributed by atoms with Gasteiger partial charge in [0.1, 0.15) is 18.0 Å². The molecule has 1 aliphatic rings. The van der Waals surface area contributed by atoms with Crippen molar-refractivity contribution < 1.29 is 18.3 Å². The van der Waals surface area contributed by atoms with E-state index in [9.17, 15) is 18.3 Å². The van der Waals surface area contributed by atoms with Crippen LogP contribution in [0.3, 0.4) is 0 Å². The highest BCUT2D eigenvalue weighted by atomic mass is 19.4. The van der Waals surface area contributed by atoms with Gasteiger partial charge >= 0.3 is 6.18 Å². The fourth-order valence-corrected chi connectivity index (χ4v) is 3.69. The first kappa shape index (κ1) is 22.5. The van der Waals surface area contributed by atoms with E-state index in [1.165, 1.54) is 18.5 Å². The van der Waals surface area contributed by atoms with E-state index < -0.39 is 22.9 Å². The molecule has 0 unspecified atom stereocenters. The van der Waals surface area contributed by atoms with Crippen LogP contribution in [0, 0.1) is 11.3 Å². The molecule has 170 valence electrons. The predicted molar refractivity (Wildman–Crippen MR) is 116 cm³/mol. The molecule has 7 nitrogen and oxygen atoms in total. The first-order chi connectivity index (χ1) is 15.6. The number of nitriles is 1. The van der Waals surface area contributed by atoms with Gasteiger partial charge in [-0.25, -0.2) is 15.0 Å². The van der Waals surface area contributed by atoms with Gasteiger partial charge in [-0.2, -0.15) is 18.4 Å². The molecule has 0 amide bonds. The lowest BCUT2D eigenvalue weighted by atomic mass is 10.0. The van der Waals surface area contributed by atoms with Crippen molar-refractivity contribution in [1.82, 2.24) is 15.0 Å². The molecule has 0 saturated heterocycles. The van der Waals surface area contributed by atoms with Crippen LogP contribution in [-0.2, 0) is 24.7 Å². The summed E-state index contributed by atoms with van der Waals surface area (Å²) in [7, 11) is 0. The van der Waals surface area contributed by atoms with Gasteiger partial charge in [-0.15, -0.1) is 0 Å². The van der Waals surface area contributed by atoms with Crippen LogP contribution in [0.1, 0.15) is 41.8 Å². The summed E-state index contributed by atoms with van der Waals surface area (Å²) in [5.74, 6) is 1.13. The largest absolute Gasteiger partial charge is 0.417 e. The van der Waals surface area contributed by atoms with E-state index in [0.29, 0.717) is 48.1 Å². The van der Waals surface area contributed by atoms with Gasteiger partial charge in [-0.3, -0.25) is 0 Å². The molecule has 0 spiro atoms. The number of pyridine rings is 1. The number of benzene rings is 1. The third-order valence-corrected chi connectivity index (χ3v) is 5.52. The Kier molecular flexibility index (Phi) is 5.68. The minimum absolute atomic E-state index is 0.306. The van der Waals surface area contributed by atoms with Crippen molar-refractivity contribution in [1.29, 1.82) is 5.26 Å². The van der Waals surface area contributed by atoms with E-state index in [-0.39, 0.29) is 0 Å². The minimum Gasteiger partial charge on any atom is -0.386 e. The van der Waals surface area contributed by atoms with Crippen molar-refractivity contribution in [2.24, 2.45) is 0 Å². The Morgan fingerprint density at radius 3 is 2.55 bits per heavy atom. The Morgan fingerprint density at radius 1 is 1.12 bits per heavy atom. The number of aromatic nitrogens is 3. The van der Waals surface area contributed by atoms with Crippen LogP contribution in [-0.4, -0.2) is 26.6 Å².